The van der Waals surface area contributed by atoms with E-state index in [1.165, 1.54) is 29.1 Å². The molecule has 196 valence electrons. The van der Waals surface area contributed by atoms with Crippen molar-refractivity contribution in [2.75, 3.05) is 11.4 Å². The molecule has 0 aliphatic carbocycles. The maximum absolute atomic E-state index is 13.3. The number of hydrogen-bond acceptors (Lipinski definition) is 4. The van der Waals surface area contributed by atoms with Crippen molar-refractivity contribution in [3.8, 4) is 0 Å². The molecule has 6 nitrogen and oxygen atoms in total. The predicted molar refractivity (Wildman–Crippen MR) is 118 cm³/mol. The Morgan fingerprint density at radius 3 is 2.25 bits per heavy atom. The second-order valence-corrected chi connectivity index (χ2v) is 8.74. The Balaban J connectivity index is 2.04. The summed E-state index contributed by atoms with van der Waals surface area (Å²) < 4.78 is 85.4. The lowest BCUT2D eigenvalue weighted by molar-refractivity contribution is -0.143. The fraction of sp³-hybridized carbons (Fsp3) is 0.458. The second-order valence-electron chi connectivity index (χ2n) is 8.74. The molecule has 0 saturated carbocycles. The Morgan fingerprint density at radius 2 is 1.72 bits per heavy atom. The minimum atomic E-state index is -5.01. The Labute approximate surface area is 203 Å². The van der Waals surface area contributed by atoms with Crippen molar-refractivity contribution in [1.29, 1.82) is 0 Å². The van der Waals surface area contributed by atoms with Crippen molar-refractivity contribution in [1.82, 2.24) is 9.88 Å². The summed E-state index contributed by atoms with van der Waals surface area (Å²) in [7, 11) is 0. The number of carbonyl (C=O) groups excluding carboxylic acids is 2. The third-order valence-electron chi connectivity index (χ3n) is 5.68. The van der Waals surface area contributed by atoms with Crippen molar-refractivity contribution >= 4 is 17.7 Å². The van der Waals surface area contributed by atoms with Crippen molar-refractivity contribution < 1.29 is 40.7 Å². The highest BCUT2D eigenvalue weighted by Crippen LogP contribution is 2.40. The lowest BCUT2D eigenvalue weighted by atomic mass is 9.99. The molecular weight excluding hydrogens is 492 g/mol. The van der Waals surface area contributed by atoms with Crippen LogP contribution in [0.15, 0.2) is 36.7 Å². The first-order valence-corrected chi connectivity index (χ1v) is 11.2. The van der Waals surface area contributed by atoms with E-state index < -0.39 is 54.2 Å². The number of hydrogen-bond donors (Lipinski definition) is 0. The fourth-order valence-electron chi connectivity index (χ4n) is 4.15. The molecule has 1 aliphatic rings. The molecule has 1 unspecified atom stereocenters. The van der Waals surface area contributed by atoms with Crippen LogP contribution in [0.4, 0.5) is 36.8 Å². The number of alkyl halides is 6. The van der Waals surface area contributed by atoms with E-state index in [1.807, 2.05) is 0 Å². The van der Waals surface area contributed by atoms with Gasteiger partial charge in [0.1, 0.15) is 0 Å². The van der Waals surface area contributed by atoms with E-state index in [1.54, 1.807) is 19.9 Å². The summed E-state index contributed by atoms with van der Waals surface area (Å²) >= 11 is 0. The summed E-state index contributed by atoms with van der Waals surface area (Å²) in [5, 5.41) is 0. The number of fused-ring (bicyclic) bond motifs is 1. The zero-order valence-corrected chi connectivity index (χ0v) is 19.8. The van der Waals surface area contributed by atoms with E-state index in [9.17, 15) is 35.9 Å². The van der Waals surface area contributed by atoms with Crippen LogP contribution in [0.2, 0.25) is 0 Å². The number of pyridine rings is 1. The van der Waals surface area contributed by atoms with E-state index >= 15 is 0 Å². The van der Waals surface area contributed by atoms with Gasteiger partial charge in [-0.15, -0.1) is 0 Å². The number of benzene rings is 1. The van der Waals surface area contributed by atoms with Crippen LogP contribution >= 0.6 is 0 Å². The summed E-state index contributed by atoms with van der Waals surface area (Å²) in [6.45, 7) is 4.29. The van der Waals surface area contributed by atoms with Crippen molar-refractivity contribution in [2.45, 2.75) is 64.7 Å². The van der Waals surface area contributed by atoms with Crippen LogP contribution < -0.4 is 4.90 Å². The monoisotopic (exact) mass is 517 g/mol. The first-order chi connectivity index (χ1) is 16.7. The average molecular weight is 517 g/mol. The van der Waals surface area contributed by atoms with Crippen LogP contribution in [0.3, 0.4) is 0 Å². The molecule has 36 heavy (non-hydrogen) atoms. The van der Waals surface area contributed by atoms with Crippen LogP contribution in [0.25, 0.3) is 0 Å². The molecule has 0 bridgehead atoms. The normalized spacial score (nSPS) is 16.4. The van der Waals surface area contributed by atoms with Gasteiger partial charge in [-0.2, -0.15) is 26.3 Å². The Bertz CT molecular complexity index is 1080. The number of rotatable bonds is 4. The van der Waals surface area contributed by atoms with Gasteiger partial charge >= 0.3 is 18.4 Å². The number of nitrogens with zero attached hydrogens (tertiary/aromatic N) is 3. The van der Waals surface area contributed by atoms with Gasteiger partial charge in [-0.1, -0.05) is 0 Å². The highest BCUT2D eigenvalue weighted by atomic mass is 19.4. The molecule has 1 aromatic heterocycles. The summed E-state index contributed by atoms with van der Waals surface area (Å²) in [5.74, 6) is -0.549. The minimum Gasteiger partial charge on any atom is -0.446 e. The van der Waals surface area contributed by atoms with Gasteiger partial charge in [-0.05, 0) is 56.5 Å². The molecule has 1 aromatic carbocycles. The topological polar surface area (TPSA) is 62.7 Å². The highest BCUT2D eigenvalue weighted by Gasteiger charge is 2.38. The summed E-state index contributed by atoms with van der Waals surface area (Å²) in [5.41, 5.74) is -2.38. The van der Waals surface area contributed by atoms with Gasteiger partial charge in [-0.3, -0.25) is 14.7 Å². The van der Waals surface area contributed by atoms with Gasteiger partial charge in [-0.25, -0.2) is 4.79 Å². The van der Waals surface area contributed by atoms with Gasteiger partial charge in [0, 0.05) is 31.8 Å². The molecule has 1 atom stereocenters. The van der Waals surface area contributed by atoms with Crippen molar-refractivity contribution in [3.05, 3.63) is 58.9 Å². The first-order valence-electron chi connectivity index (χ1n) is 11.2. The fourth-order valence-corrected chi connectivity index (χ4v) is 4.15. The van der Waals surface area contributed by atoms with Crippen LogP contribution in [0, 0.1) is 0 Å². The quantitative estimate of drug-likeness (QED) is 0.443. The minimum absolute atomic E-state index is 0.0481. The molecule has 12 heteroatoms. The molecule has 1 aliphatic heterocycles. The summed E-state index contributed by atoms with van der Waals surface area (Å²) in [6, 6.07) is 2.13. The maximum Gasteiger partial charge on any atom is 0.416 e. The number of carbonyl (C=O) groups is 2. The molecular formula is C24H25F6N3O3. The molecule has 0 N–H and O–H groups in total. The zero-order chi connectivity index (χ0) is 26.8. The van der Waals surface area contributed by atoms with Crippen LogP contribution in [0.5, 0.6) is 0 Å². The standard InChI is InChI=1S/C24H25F6N3O3/c1-14(2)36-22(35)32-8-4-5-20(19-6-7-31-12-21(19)32)33(15(3)34)13-16-9-17(23(25,26)27)11-18(10-16)24(28,29)30/h6-7,9-12,14,20H,4-5,8,13H2,1-3H3. The lowest BCUT2D eigenvalue weighted by Crippen LogP contribution is -2.35. The Kier molecular flexibility index (Phi) is 7.85. The highest BCUT2D eigenvalue weighted by molar-refractivity contribution is 5.89. The molecule has 3 rings (SSSR count). The van der Waals surface area contributed by atoms with Crippen molar-refractivity contribution in [3.63, 3.8) is 0 Å². The Hall–Kier alpha value is -3.31. The number of ether oxygens (including phenoxy) is 1. The van der Waals surface area contributed by atoms with E-state index in [4.69, 9.17) is 4.74 Å². The number of halogens is 6. The summed E-state index contributed by atoms with van der Waals surface area (Å²) in [4.78, 5) is 32.0. The van der Waals surface area contributed by atoms with E-state index in [2.05, 4.69) is 4.98 Å². The van der Waals surface area contributed by atoms with Crippen LogP contribution in [-0.2, 0) is 28.4 Å². The average Bonchev–Trinajstić information content (AvgIpc) is 2.95. The van der Waals surface area contributed by atoms with E-state index in [0.29, 0.717) is 36.2 Å². The molecule has 0 spiro atoms. The first kappa shape index (κ1) is 27.3. The largest absolute Gasteiger partial charge is 0.446 e. The van der Waals surface area contributed by atoms with Gasteiger partial charge in [0.15, 0.2) is 0 Å². The molecule has 2 heterocycles. The van der Waals surface area contributed by atoms with Crippen LogP contribution in [0.1, 0.15) is 61.9 Å². The Morgan fingerprint density at radius 1 is 1.11 bits per heavy atom. The molecule has 2 amide bonds. The third kappa shape index (κ3) is 6.27. The van der Waals surface area contributed by atoms with E-state index in [0.717, 1.165) is 0 Å². The maximum atomic E-state index is 13.3. The SMILES string of the molecule is CC(=O)N(Cc1cc(C(F)(F)F)cc(C(F)(F)F)c1)C1CCCN(C(=O)OC(C)C)c2cnccc21. The third-order valence-corrected chi connectivity index (χ3v) is 5.68. The molecule has 2 aromatic rings. The van der Waals surface area contributed by atoms with E-state index in [-0.39, 0.29) is 18.2 Å². The van der Waals surface area contributed by atoms with Crippen LogP contribution in [-0.4, -0.2) is 34.5 Å². The number of anilines is 1. The van der Waals surface area contributed by atoms with Gasteiger partial charge in [0.05, 0.1) is 35.2 Å². The molecule has 0 fully saturated rings. The lowest BCUT2D eigenvalue weighted by Gasteiger charge is -2.32. The number of aromatic nitrogens is 1. The second kappa shape index (κ2) is 10.4. The molecule has 0 saturated heterocycles. The predicted octanol–water partition coefficient (Wildman–Crippen LogP) is 6.35. The number of amides is 2. The smallest absolute Gasteiger partial charge is 0.416 e. The zero-order valence-electron chi connectivity index (χ0n) is 19.8. The van der Waals surface area contributed by atoms with Gasteiger partial charge in [0.25, 0.3) is 0 Å². The molecule has 0 radical (unpaired) electrons. The summed E-state index contributed by atoms with van der Waals surface area (Å²) in [6.07, 6.45) is -7.47. The van der Waals surface area contributed by atoms with Gasteiger partial charge in [0.2, 0.25) is 5.91 Å². The van der Waals surface area contributed by atoms with Crippen molar-refractivity contribution in [2.24, 2.45) is 0 Å². The van der Waals surface area contributed by atoms with Gasteiger partial charge < -0.3 is 9.64 Å².